The Balaban J connectivity index is 0. The van der Waals surface area contributed by atoms with E-state index in [1.807, 2.05) is 24.8 Å². The molecule has 0 spiro atoms. The van der Waals surface area contributed by atoms with Crippen LogP contribution in [0.4, 0.5) is 0 Å². The minimum Gasteiger partial charge on any atom is -1.00 e. The fourth-order valence-electron chi connectivity index (χ4n) is 6.97. The molecule has 0 unspecified atom stereocenters. The van der Waals surface area contributed by atoms with Crippen molar-refractivity contribution in [1.82, 2.24) is 9.97 Å². The molecule has 0 saturated heterocycles. The Morgan fingerprint density at radius 2 is 0.729 bits per heavy atom. The molecule has 0 aliphatic rings. The SMILES string of the molecule is C=C[n+]1cc[nH]c1CCC[P+](CCCC)(CCCC)CCCC.C=C[n+]1cc[nH]c1CCC[P+](CCCC)(CCCC)CCCC.[Br-].[Br-]. The van der Waals surface area contributed by atoms with Crippen molar-refractivity contribution < 1.29 is 43.1 Å². The van der Waals surface area contributed by atoms with Gasteiger partial charge in [0, 0.05) is 14.5 Å². The molecule has 0 aliphatic heterocycles. The van der Waals surface area contributed by atoms with Gasteiger partial charge in [-0.15, -0.1) is 0 Å². The molecule has 0 radical (unpaired) electrons. The minimum atomic E-state index is -0.737. The number of nitrogens with one attached hydrogen (secondary N) is 2. The van der Waals surface area contributed by atoms with E-state index in [0.29, 0.717) is 0 Å². The summed E-state index contributed by atoms with van der Waals surface area (Å²) in [6.45, 7) is 21.9. The van der Waals surface area contributed by atoms with Crippen molar-refractivity contribution in [3.05, 3.63) is 49.6 Å². The van der Waals surface area contributed by atoms with E-state index >= 15 is 0 Å². The second-order valence-corrected chi connectivity index (χ2v) is 22.7. The summed E-state index contributed by atoms with van der Waals surface area (Å²) in [5.74, 6) is 2.61. The van der Waals surface area contributed by atoms with E-state index in [2.05, 4.69) is 86.2 Å². The molecule has 8 heteroatoms. The highest BCUT2D eigenvalue weighted by Gasteiger charge is 2.36. The topological polar surface area (TPSA) is 39.3 Å². The van der Waals surface area contributed by atoms with Crippen LogP contribution in [-0.4, -0.2) is 59.3 Å². The normalized spacial score (nSPS) is 11.3. The van der Waals surface area contributed by atoms with Crippen LogP contribution < -0.4 is 43.1 Å². The Kier molecular flexibility index (Phi) is 32.7. The van der Waals surface area contributed by atoms with Gasteiger partial charge in [-0.2, -0.15) is 0 Å². The maximum absolute atomic E-state index is 3.89. The molecule has 280 valence electrons. The van der Waals surface area contributed by atoms with Crippen LogP contribution in [0, 0.1) is 0 Å². The summed E-state index contributed by atoms with van der Waals surface area (Å²) in [6.07, 6.45) is 45.9. The number of imidazole rings is 2. The summed E-state index contributed by atoms with van der Waals surface area (Å²) < 4.78 is 4.26. The van der Waals surface area contributed by atoms with Crippen LogP contribution in [0.5, 0.6) is 0 Å². The number of unbranched alkanes of at least 4 members (excludes halogenated alkanes) is 6. The van der Waals surface area contributed by atoms with Gasteiger partial charge in [-0.3, -0.25) is 0 Å². The fraction of sp³-hybridized carbons (Fsp3) is 0.750. The number of H-pyrrole nitrogens is 2. The number of rotatable bonds is 28. The van der Waals surface area contributed by atoms with Crippen LogP contribution >= 0.6 is 14.5 Å². The molecule has 0 aromatic carbocycles. The Labute approximate surface area is 321 Å². The van der Waals surface area contributed by atoms with Crippen molar-refractivity contribution in [3.63, 3.8) is 0 Å². The van der Waals surface area contributed by atoms with Gasteiger partial charge in [0.05, 0.1) is 74.5 Å². The van der Waals surface area contributed by atoms with E-state index in [-0.39, 0.29) is 34.0 Å². The zero-order valence-corrected chi connectivity index (χ0v) is 37.4. The first kappa shape index (κ1) is 49.8. The quantitative estimate of drug-likeness (QED) is 0.0840. The highest BCUT2D eigenvalue weighted by Crippen LogP contribution is 2.62. The standard InChI is InChI=1S/2C20H38N2P.2BrH/c2*1-5-9-16-23(17-10-6-2,18-11-7-3)19-12-13-20-21-14-15-22(20)8-4;;/h2*8,14-15H,4-7,9-13,16-19H2,1-3H3;2*1H/q2*+1;;. The van der Waals surface area contributed by atoms with Gasteiger partial charge in [0.2, 0.25) is 0 Å². The average Bonchev–Trinajstić information content (AvgIpc) is 3.75. The smallest absolute Gasteiger partial charge is 0.258 e. The fourth-order valence-corrected chi connectivity index (χ4v) is 17.2. The lowest BCUT2D eigenvalue weighted by molar-refractivity contribution is -0.575. The van der Waals surface area contributed by atoms with Crippen LogP contribution in [0.3, 0.4) is 0 Å². The zero-order valence-electron chi connectivity index (χ0n) is 32.4. The first-order chi connectivity index (χ1) is 22.4. The molecule has 2 aromatic heterocycles. The predicted octanol–water partition coefficient (Wildman–Crippen LogP) is 5.51. The summed E-state index contributed by atoms with van der Waals surface area (Å²) in [6, 6.07) is 0. The second-order valence-electron chi connectivity index (χ2n) is 13.8. The van der Waals surface area contributed by atoms with E-state index in [1.54, 1.807) is 0 Å². The molecule has 2 N–H and O–H groups in total. The van der Waals surface area contributed by atoms with E-state index < -0.39 is 14.5 Å². The van der Waals surface area contributed by atoms with Crippen LogP contribution in [-0.2, 0) is 12.8 Å². The molecular weight excluding hydrogens is 758 g/mol. The molecule has 2 rings (SSSR count). The van der Waals surface area contributed by atoms with Gasteiger partial charge in [0.25, 0.3) is 11.6 Å². The van der Waals surface area contributed by atoms with E-state index in [4.69, 9.17) is 0 Å². The maximum atomic E-state index is 3.89. The molecule has 0 saturated carbocycles. The Hall–Kier alpha value is -0.280. The molecule has 48 heavy (non-hydrogen) atoms. The number of hydrogen-bond donors (Lipinski definition) is 2. The minimum absolute atomic E-state index is 0. The lowest BCUT2D eigenvalue weighted by Crippen LogP contribution is -3.00. The van der Waals surface area contributed by atoms with Crippen LogP contribution in [0.2, 0.25) is 0 Å². The van der Waals surface area contributed by atoms with Crippen LogP contribution in [0.25, 0.3) is 12.4 Å². The molecule has 0 aliphatic carbocycles. The number of aromatic amines is 2. The van der Waals surface area contributed by atoms with Crippen molar-refractivity contribution in [2.45, 2.75) is 144 Å². The number of halogens is 2. The van der Waals surface area contributed by atoms with Gasteiger partial charge in [-0.25, -0.2) is 19.1 Å². The Morgan fingerprint density at radius 1 is 0.479 bits per heavy atom. The van der Waals surface area contributed by atoms with Gasteiger partial charge < -0.3 is 34.0 Å². The van der Waals surface area contributed by atoms with Crippen molar-refractivity contribution in [3.8, 4) is 0 Å². The first-order valence-electron chi connectivity index (χ1n) is 19.5. The third-order valence-corrected chi connectivity index (χ3v) is 20.1. The van der Waals surface area contributed by atoms with E-state index in [0.717, 1.165) is 12.8 Å². The van der Waals surface area contributed by atoms with Gasteiger partial charge in [-0.1, -0.05) is 93.2 Å². The molecule has 0 amide bonds. The van der Waals surface area contributed by atoms with Gasteiger partial charge in [0.1, 0.15) is 24.8 Å². The van der Waals surface area contributed by atoms with Gasteiger partial charge in [0.15, 0.2) is 0 Å². The van der Waals surface area contributed by atoms with Gasteiger partial charge in [-0.05, 0) is 51.4 Å². The van der Waals surface area contributed by atoms with Crippen LogP contribution in [0.1, 0.15) is 143 Å². The molecule has 4 nitrogen and oxygen atoms in total. The highest BCUT2D eigenvalue weighted by atomic mass is 79.9. The molecule has 2 heterocycles. The summed E-state index contributed by atoms with van der Waals surface area (Å²) in [7, 11) is -1.47. The second kappa shape index (κ2) is 31.5. The monoisotopic (exact) mass is 834 g/mol. The number of aryl methyl sites for hydroxylation is 2. The van der Waals surface area contributed by atoms with Crippen molar-refractivity contribution in [2.24, 2.45) is 0 Å². The molecule has 0 bridgehead atoms. The molecule has 2 aromatic rings. The summed E-state index contributed by atoms with van der Waals surface area (Å²) in [5, 5.41) is 0. The molecule has 0 fully saturated rings. The summed E-state index contributed by atoms with van der Waals surface area (Å²) in [5.41, 5.74) is 0. The largest absolute Gasteiger partial charge is 1.00 e. The predicted molar refractivity (Wildman–Crippen MR) is 214 cm³/mol. The number of nitrogens with zero attached hydrogens (tertiary/aromatic N) is 2. The maximum Gasteiger partial charge on any atom is 0.258 e. The lowest BCUT2D eigenvalue weighted by Gasteiger charge is -2.28. The third-order valence-electron chi connectivity index (χ3n) is 10.00. The van der Waals surface area contributed by atoms with Crippen LogP contribution in [0.15, 0.2) is 37.9 Å². The van der Waals surface area contributed by atoms with E-state index in [1.165, 1.54) is 151 Å². The zero-order chi connectivity index (χ0) is 33.9. The lowest BCUT2D eigenvalue weighted by atomic mass is 10.3. The van der Waals surface area contributed by atoms with Gasteiger partial charge >= 0.3 is 0 Å². The molecule has 0 atom stereocenters. The van der Waals surface area contributed by atoms with Crippen molar-refractivity contribution >= 4 is 26.9 Å². The number of hydrogen-bond acceptors (Lipinski definition) is 0. The first-order valence-corrected chi connectivity index (χ1v) is 24.6. The summed E-state index contributed by atoms with van der Waals surface area (Å²) >= 11 is 0. The van der Waals surface area contributed by atoms with Crippen molar-refractivity contribution in [1.29, 1.82) is 0 Å². The average molecular weight is 837 g/mol. The highest BCUT2D eigenvalue weighted by molar-refractivity contribution is 7.76. The van der Waals surface area contributed by atoms with Crippen molar-refractivity contribution in [2.75, 3.05) is 49.3 Å². The summed E-state index contributed by atoms with van der Waals surface area (Å²) in [4.78, 5) is 6.75. The Morgan fingerprint density at radius 3 is 0.958 bits per heavy atom. The molecular formula is C40H78Br2N4P2+2. The number of aromatic nitrogens is 4. The van der Waals surface area contributed by atoms with E-state index in [9.17, 15) is 0 Å². The Bertz CT molecular complexity index is 899. The third kappa shape index (κ3) is 19.9.